The molecular weight excluding hydrogens is 561 g/mol. The van der Waals surface area contributed by atoms with Gasteiger partial charge in [-0.3, -0.25) is 0 Å². The molecule has 6 rings (SSSR count). The fourth-order valence-corrected chi connectivity index (χ4v) is 8.77. The molecule has 194 valence electrons. The average molecular weight is 588 g/mol. The third-order valence-corrected chi connectivity index (χ3v) is 11.4. The molecule has 6 aromatic carbocycles. The summed E-state index contributed by atoms with van der Waals surface area (Å²) in [6.45, 7) is 0. The Morgan fingerprint density at radius 2 is 0.475 bits per heavy atom. The van der Waals surface area contributed by atoms with Gasteiger partial charge in [0, 0.05) is 29.4 Å². The molecule has 0 amide bonds. The average Bonchev–Trinajstić information content (AvgIpc) is 3.01. The van der Waals surface area contributed by atoms with Crippen molar-refractivity contribution in [3.63, 3.8) is 0 Å². The minimum absolute atomic E-state index is 0.207. The summed E-state index contributed by atoms with van der Waals surface area (Å²) in [4.78, 5) is 11.5. The normalized spacial score (nSPS) is 11.0. The molecule has 0 saturated carbocycles. The van der Waals surface area contributed by atoms with Gasteiger partial charge >= 0.3 is 0 Å². The molecule has 0 saturated heterocycles. The van der Waals surface area contributed by atoms with Crippen LogP contribution in [-0.2, 0) is 10.9 Å². The molecule has 4 heteroatoms. The van der Waals surface area contributed by atoms with E-state index in [1.807, 2.05) is 0 Å². The molecule has 40 heavy (non-hydrogen) atoms. The third-order valence-electron chi connectivity index (χ3n) is 6.12. The van der Waals surface area contributed by atoms with Crippen molar-refractivity contribution in [1.29, 1.82) is 0 Å². The molecule has 0 N–H and O–H groups in total. The standard InChI is InChI=1S/C36H27S4/c1-4-10-28(11-5-1)37-31-16-22-34(23-17-31)40(35-24-18-32(19-25-35)38-29-12-6-2-7-13-29)36-26-20-33(21-27-36)39-30-14-8-3-9-15-30/h1-27H/q+1. The Hall–Kier alpha value is -3.28. The minimum Gasteiger partial charge on any atom is -0.0901 e. The van der Waals surface area contributed by atoms with Gasteiger partial charge in [0.25, 0.3) is 0 Å². The lowest BCUT2D eigenvalue weighted by Gasteiger charge is -2.10. The van der Waals surface area contributed by atoms with Gasteiger partial charge in [-0.05, 0) is 109 Å². The van der Waals surface area contributed by atoms with Crippen LogP contribution in [0, 0.1) is 0 Å². The fraction of sp³-hybridized carbons (Fsp3) is 0. The molecule has 0 radical (unpaired) electrons. The SMILES string of the molecule is c1ccc(Sc2ccc([S+](c3ccc(Sc4ccccc4)cc3)c3ccc(Sc4ccccc4)cc3)cc2)cc1. The monoisotopic (exact) mass is 587 g/mol. The zero-order valence-corrected chi connectivity index (χ0v) is 25.0. The van der Waals surface area contributed by atoms with E-state index in [-0.39, 0.29) is 10.9 Å². The number of hydrogen-bond donors (Lipinski definition) is 0. The maximum absolute atomic E-state index is 2.30. The molecule has 0 aliphatic carbocycles. The van der Waals surface area contributed by atoms with Gasteiger partial charge in [0.1, 0.15) is 0 Å². The zero-order valence-electron chi connectivity index (χ0n) is 21.7. The van der Waals surface area contributed by atoms with E-state index in [9.17, 15) is 0 Å². The van der Waals surface area contributed by atoms with E-state index in [2.05, 4.69) is 164 Å². The zero-order chi connectivity index (χ0) is 27.0. The lowest BCUT2D eigenvalue weighted by molar-refractivity contribution is 1.25. The Kier molecular flexibility index (Phi) is 9.01. The quantitative estimate of drug-likeness (QED) is 0.154. The lowest BCUT2D eigenvalue weighted by atomic mass is 10.3. The van der Waals surface area contributed by atoms with E-state index in [0.29, 0.717) is 0 Å². The van der Waals surface area contributed by atoms with Crippen molar-refractivity contribution in [2.24, 2.45) is 0 Å². The first kappa shape index (κ1) is 26.9. The van der Waals surface area contributed by atoms with Gasteiger partial charge in [-0.2, -0.15) is 0 Å². The maximum atomic E-state index is 2.30. The molecule has 0 fully saturated rings. The molecule has 0 heterocycles. The molecule has 0 spiro atoms. The van der Waals surface area contributed by atoms with E-state index in [1.165, 1.54) is 44.1 Å². The third kappa shape index (κ3) is 7.07. The van der Waals surface area contributed by atoms with E-state index < -0.39 is 0 Å². The fourth-order valence-electron chi connectivity index (χ4n) is 4.21. The summed E-state index contributed by atoms with van der Waals surface area (Å²) in [5, 5.41) is 0. The molecule has 0 unspecified atom stereocenters. The van der Waals surface area contributed by atoms with Crippen LogP contribution >= 0.6 is 35.3 Å². The Labute approximate surface area is 252 Å². The van der Waals surface area contributed by atoms with E-state index in [0.717, 1.165) is 0 Å². The van der Waals surface area contributed by atoms with Gasteiger partial charge in [-0.15, -0.1) is 0 Å². The highest BCUT2D eigenvalue weighted by molar-refractivity contribution is 8.00. The first-order valence-corrected chi connectivity index (χ1v) is 16.7. The molecule has 0 atom stereocenters. The van der Waals surface area contributed by atoms with Crippen LogP contribution in [0.3, 0.4) is 0 Å². The van der Waals surface area contributed by atoms with Crippen molar-refractivity contribution in [2.45, 2.75) is 44.1 Å². The van der Waals surface area contributed by atoms with Crippen molar-refractivity contribution >= 4 is 46.2 Å². The van der Waals surface area contributed by atoms with Crippen LogP contribution in [0.4, 0.5) is 0 Å². The second kappa shape index (κ2) is 13.4. The van der Waals surface area contributed by atoms with E-state index in [1.54, 1.807) is 35.3 Å². The molecular formula is C36H27S4+. The van der Waals surface area contributed by atoms with E-state index in [4.69, 9.17) is 0 Å². The van der Waals surface area contributed by atoms with Crippen molar-refractivity contribution in [2.75, 3.05) is 0 Å². The summed E-state index contributed by atoms with van der Waals surface area (Å²) in [7, 11) is -0.207. The van der Waals surface area contributed by atoms with Gasteiger partial charge in [0.2, 0.25) is 0 Å². The first-order chi connectivity index (χ1) is 19.8. The second-order valence-corrected chi connectivity index (χ2v) is 14.4. The van der Waals surface area contributed by atoms with Crippen molar-refractivity contribution in [1.82, 2.24) is 0 Å². The Balaban J connectivity index is 1.28. The number of hydrogen-bond acceptors (Lipinski definition) is 3. The molecule has 6 aromatic rings. The number of rotatable bonds is 9. The first-order valence-electron chi connectivity index (χ1n) is 13.0. The van der Waals surface area contributed by atoms with Crippen molar-refractivity contribution in [3.05, 3.63) is 164 Å². The minimum atomic E-state index is -0.207. The smallest absolute Gasteiger partial charge is 0.0901 e. The van der Waals surface area contributed by atoms with Crippen LogP contribution in [0.15, 0.2) is 208 Å². The Morgan fingerprint density at radius 1 is 0.250 bits per heavy atom. The van der Waals surface area contributed by atoms with Gasteiger partial charge in [-0.25, -0.2) is 0 Å². The van der Waals surface area contributed by atoms with Gasteiger partial charge in [0.05, 0.1) is 10.9 Å². The highest BCUT2D eigenvalue weighted by Gasteiger charge is 2.28. The number of benzene rings is 6. The van der Waals surface area contributed by atoms with Gasteiger partial charge in [-0.1, -0.05) is 89.9 Å². The molecule has 0 bridgehead atoms. The Morgan fingerprint density at radius 3 is 0.725 bits per heavy atom. The van der Waals surface area contributed by atoms with Crippen molar-refractivity contribution in [3.8, 4) is 0 Å². The lowest BCUT2D eigenvalue weighted by Crippen LogP contribution is -2.04. The topological polar surface area (TPSA) is 0 Å². The summed E-state index contributed by atoms with van der Waals surface area (Å²) >= 11 is 5.41. The summed E-state index contributed by atoms with van der Waals surface area (Å²) in [6.07, 6.45) is 0. The predicted octanol–water partition coefficient (Wildman–Crippen LogP) is 11.2. The predicted molar refractivity (Wildman–Crippen MR) is 173 cm³/mol. The van der Waals surface area contributed by atoms with Crippen LogP contribution in [0.1, 0.15) is 0 Å². The molecule has 0 aliphatic rings. The summed E-state index contributed by atoms with van der Waals surface area (Å²) in [6, 6.07) is 59.0. The maximum Gasteiger partial charge on any atom is 0.166 e. The Bertz CT molecular complexity index is 1410. The largest absolute Gasteiger partial charge is 0.166 e. The summed E-state index contributed by atoms with van der Waals surface area (Å²) in [5.74, 6) is 0. The molecule has 0 aliphatic heterocycles. The highest BCUT2D eigenvalue weighted by Crippen LogP contribution is 2.37. The molecule has 0 nitrogen and oxygen atoms in total. The summed E-state index contributed by atoms with van der Waals surface area (Å²) < 4.78 is 0. The molecule has 0 aromatic heterocycles. The highest BCUT2D eigenvalue weighted by atomic mass is 32.2. The summed E-state index contributed by atoms with van der Waals surface area (Å²) in [5.41, 5.74) is 0. The van der Waals surface area contributed by atoms with Crippen LogP contribution in [0.2, 0.25) is 0 Å². The van der Waals surface area contributed by atoms with E-state index >= 15 is 0 Å². The van der Waals surface area contributed by atoms with Gasteiger partial charge < -0.3 is 0 Å². The van der Waals surface area contributed by atoms with Crippen LogP contribution in [-0.4, -0.2) is 0 Å². The van der Waals surface area contributed by atoms with Gasteiger partial charge in [0.15, 0.2) is 14.7 Å². The van der Waals surface area contributed by atoms with Crippen LogP contribution < -0.4 is 0 Å². The second-order valence-electron chi connectivity index (χ2n) is 8.97. The van der Waals surface area contributed by atoms with Crippen LogP contribution in [0.5, 0.6) is 0 Å². The van der Waals surface area contributed by atoms with Crippen LogP contribution in [0.25, 0.3) is 0 Å². The van der Waals surface area contributed by atoms with Crippen molar-refractivity contribution < 1.29 is 0 Å².